The van der Waals surface area contributed by atoms with E-state index >= 15 is 0 Å². The fraction of sp³-hybridized carbons (Fsp3) is 0.250. The number of phenols is 1. The molecule has 0 unspecified atom stereocenters. The maximum absolute atomic E-state index is 9.06. The number of nitrogens with two attached hydrogens (primary N) is 2. The highest BCUT2D eigenvalue weighted by atomic mass is 16.3. The Hall–Kier alpha value is -1.22. The number of benzene rings is 1. The average Bonchev–Trinajstić information content (AvgIpc) is 1.98. The molecule has 1 aromatic carbocycles. The minimum atomic E-state index is 0.130. The van der Waals surface area contributed by atoms with E-state index in [9.17, 15) is 0 Å². The molecule has 0 saturated heterocycles. The number of anilines is 1. The van der Waals surface area contributed by atoms with Crippen molar-refractivity contribution < 1.29 is 5.11 Å². The molecule has 11 heavy (non-hydrogen) atoms. The van der Waals surface area contributed by atoms with Crippen molar-refractivity contribution in [1.29, 1.82) is 0 Å². The molecule has 1 aromatic rings. The summed E-state index contributed by atoms with van der Waals surface area (Å²) in [4.78, 5) is 0. The second-order valence-corrected chi connectivity index (χ2v) is 2.43. The average molecular weight is 152 g/mol. The van der Waals surface area contributed by atoms with Gasteiger partial charge >= 0.3 is 0 Å². The number of aromatic hydroxyl groups is 1. The van der Waals surface area contributed by atoms with Gasteiger partial charge in [0.2, 0.25) is 0 Å². The van der Waals surface area contributed by atoms with Crippen molar-refractivity contribution in [3.05, 3.63) is 23.8 Å². The fourth-order valence-corrected chi connectivity index (χ4v) is 0.926. The van der Waals surface area contributed by atoms with Crippen molar-refractivity contribution >= 4 is 5.69 Å². The lowest BCUT2D eigenvalue weighted by molar-refractivity contribution is 0.478. The van der Waals surface area contributed by atoms with E-state index in [-0.39, 0.29) is 5.75 Å². The monoisotopic (exact) mass is 152 g/mol. The summed E-state index contributed by atoms with van der Waals surface area (Å²) in [5, 5.41) is 9.06. The first kappa shape index (κ1) is 7.88. The zero-order valence-corrected chi connectivity index (χ0v) is 6.25. The molecule has 0 saturated carbocycles. The van der Waals surface area contributed by atoms with E-state index < -0.39 is 0 Å². The second-order valence-electron chi connectivity index (χ2n) is 2.43. The van der Waals surface area contributed by atoms with E-state index in [4.69, 9.17) is 16.6 Å². The lowest BCUT2D eigenvalue weighted by Gasteiger charge is -2.01. The molecular formula is C8H12N2O. The van der Waals surface area contributed by atoms with Gasteiger partial charge in [-0.05, 0) is 30.7 Å². The van der Waals surface area contributed by atoms with Gasteiger partial charge in [0.25, 0.3) is 0 Å². The lowest BCUT2D eigenvalue weighted by atomic mass is 10.1. The molecule has 60 valence electrons. The van der Waals surface area contributed by atoms with E-state index in [0.29, 0.717) is 12.2 Å². The first-order valence-electron chi connectivity index (χ1n) is 3.51. The molecule has 3 nitrogen and oxygen atoms in total. The van der Waals surface area contributed by atoms with Crippen molar-refractivity contribution in [3.8, 4) is 5.75 Å². The van der Waals surface area contributed by atoms with Gasteiger partial charge in [-0.3, -0.25) is 0 Å². The number of nitrogen functional groups attached to an aromatic ring is 1. The molecule has 0 atom stereocenters. The van der Waals surface area contributed by atoms with Crippen LogP contribution in [-0.4, -0.2) is 11.7 Å². The predicted molar refractivity (Wildman–Crippen MR) is 45.3 cm³/mol. The Balaban J connectivity index is 2.86. The minimum Gasteiger partial charge on any atom is -0.506 e. The standard InChI is InChI=1S/C8H12N2O/c9-4-3-6-1-2-8(11)7(10)5-6/h1-2,5,11H,3-4,9-10H2. The summed E-state index contributed by atoms with van der Waals surface area (Å²) in [6, 6.07) is 5.14. The van der Waals surface area contributed by atoms with Gasteiger partial charge in [-0.2, -0.15) is 0 Å². The molecule has 0 bridgehead atoms. The largest absolute Gasteiger partial charge is 0.506 e. The molecule has 3 heteroatoms. The van der Waals surface area contributed by atoms with E-state index in [0.717, 1.165) is 12.0 Å². The van der Waals surface area contributed by atoms with Crippen LogP contribution in [0.25, 0.3) is 0 Å². The third-order valence-corrected chi connectivity index (χ3v) is 1.52. The zero-order valence-electron chi connectivity index (χ0n) is 6.25. The van der Waals surface area contributed by atoms with Gasteiger partial charge in [0.1, 0.15) is 5.75 Å². The Kier molecular flexibility index (Phi) is 2.33. The van der Waals surface area contributed by atoms with Crippen LogP contribution in [0.2, 0.25) is 0 Å². The molecule has 0 fully saturated rings. The number of hydrogen-bond donors (Lipinski definition) is 3. The van der Waals surface area contributed by atoms with Crippen molar-refractivity contribution in [2.75, 3.05) is 12.3 Å². The topological polar surface area (TPSA) is 72.3 Å². The van der Waals surface area contributed by atoms with Crippen LogP contribution in [-0.2, 0) is 6.42 Å². The van der Waals surface area contributed by atoms with Crippen LogP contribution in [0.5, 0.6) is 5.75 Å². The van der Waals surface area contributed by atoms with E-state index in [2.05, 4.69) is 0 Å². The Morgan fingerprint density at radius 1 is 1.36 bits per heavy atom. The van der Waals surface area contributed by atoms with Crippen LogP contribution in [0, 0.1) is 0 Å². The van der Waals surface area contributed by atoms with Crippen LogP contribution in [0.3, 0.4) is 0 Å². The van der Waals surface area contributed by atoms with Crippen LogP contribution in [0.4, 0.5) is 5.69 Å². The summed E-state index contributed by atoms with van der Waals surface area (Å²) in [7, 11) is 0. The zero-order chi connectivity index (χ0) is 8.27. The van der Waals surface area contributed by atoms with E-state index in [1.807, 2.05) is 6.07 Å². The minimum absolute atomic E-state index is 0.130. The van der Waals surface area contributed by atoms with E-state index in [1.54, 1.807) is 12.1 Å². The molecule has 0 spiro atoms. The first-order valence-corrected chi connectivity index (χ1v) is 3.51. The highest BCUT2D eigenvalue weighted by molar-refractivity contribution is 5.53. The van der Waals surface area contributed by atoms with Crippen LogP contribution >= 0.6 is 0 Å². The predicted octanol–water partition coefficient (Wildman–Crippen LogP) is 0.476. The highest BCUT2D eigenvalue weighted by Crippen LogP contribution is 2.20. The van der Waals surface area contributed by atoms with Gasteiger partial charge in [-0.15, -0.1) is 0 Å². The first-order chi connectivity index (χ1) is 5.24. The van der Waals surface area contributed by atoms with E-state index in [1.165, 1.54) is 0 Å². The molecule has 0 aliphatic carbocycles. The summed E-state index contributed by atoms with van der Waals surface area (Å²) in [5.41, 5.74) is 12.3. The van der Waals surface area contributed by atoms with Gasteiger partial charge in [0, 0.05) is 0 Å². The summed E-state index contributed by atoms with van der Waals surface area (Å²) < 4.78 is 0. The van der Waals surface area contributed by atoms with Gasteiger partial charge in [-0.1, -0.05) is 6.07 Å². The Morgan fingerprint density at radius 2 is 2.09 bits per heavy atom. The molecular weight excluding hydrogens is 140 g/mol. The molecule has 1 rings (SSSR count). The number of rotatable bonds is 2. The van der Waals surface area contributed by atoms with Gasteiger partial charge in [-0.25, -0.2) is 0 Å². The molecule has 5 N–H and O–H groups in total. The van der Waals surface area contributed by atoms with Crippen molar-refractivity contribution in [1.82, 2.24) is 0 Å². The summed E-state index contributed by atoms with van der Waals surface area (Å²) in [6.07, 6.45) is 0.796. The van der Waals surface area contributed by atoms with Gasteiger partial charge < -0.3 is 16.6 Å². The van der Waals surface area contributed by atoms with Gasteiger partial charge in [0.15, 0.2) is 0 Å². The summed E-state index contributed by atoms with van der Waals surface area (Å²) >= 11 is 0. The smallest absolute Gasteiger partial charge is 0.138 e. The normalized spacial score (nSPS) is 9.91. The lowest BCUT2D eigenvalue weighted by Crippen LogP contribution is -2.02. The second kappa shape index (κ2) is 3.25. The number of hydrogen-bond acceptors (Lipinski definition) is 3. The Bertz CT molecular complexity index is 248. The fourth-order valence-electron chi connectivity index (χ4n) is 0.926. The third kappa shape index (κ3) is 1.85. The molecule has 0 radical (unpaired) electrons. The molecule has 0 heterocycles. The molecule has 0 aliphatic heterocycles. The molecule has 0 amide bonds. The quantitative estimate of drug-likeness (QED) is 0.426. The van der Waals surface area contributed by atoms with Crippen LogP contribution in [0.1, 0.15) is 5.56 Å². The molecule has 0 aliphatic rings. The Morgan fingerprint density at radius 3 is 2.64 bits per heavy atom. The van der Waals surface area contributed by atoms with Crippen molar-refractivity contribution in [3.63, 3.8) is 0 Å². The number of phenolic OH excluding ortho intramolecular Hbond substituents is 1. The maximum Gasteiger partial charge on any atom is 0.138 e. The van der Waals surface area contributed by atoms with Crippen molar-refractivity contribution in [2.24, 2.45) is 5.73 Å². The molecule has 0 aromatic heterocycles. The highest BCUT2D eigenvalue weighted by Gasteiger charge is 1.96. The Labute approximate surface area is 65.6 Å². The maximum atomic E-state index is 9.06. The van der Waals surface area contributed by atoms with Gasteiger partial charge in [0.05, 0.1) is 5.69 Å². The van der Waals surface area contributed by atoms with Crippen LogP contribution in [0.15, 0.2) is 18.2 Å². The SMILES string of the molecule is NCCc1ccc(O)c(N)c1. The van der Waals surface area contributed by atoms with Crippen molar-refractivity contribution in [2.45, 2.75) is 6.42 Å². The summed E-state index contributed by atoms with van der Waals surface area (Å²) in [5.74, 6) is 0.130. The summed E-state index contributed by atoms with van der Waals surface area (Å²) in [6.45, 7) is 0.601. The van der Waals surface area contributed by atoms with Crippen LogP contribution < -0.4 is 11.5 Å². The third-order valence-electron chi connectivity index (χ3n) is 1.52.